The van der Waals surface area contributed by atoms with Gasteiger partial charge in [0.2, 0.25) is 0 Å². The maximum atomic E-state index is 8.51. The fourth-order valence-electron chi connectivity index (χ4n) is 2.08. The quantitative estimate of drug-likeness (QED) is 0.648. The molecule has 1 heterocycles. The third kappa shape index (κ3) is 14.3. The van der Waals surface area contributed by atoms with Gasteiger partial charge in [-0.2, -0.15) is 0 Å². The van der Waals surface area contributed by atoms with Crippen LogP contribution in [0.25, 0.3) is 0 Å². The Morgan fingerprint density at radius 1 is 1.45 bits per heavy atom. The van der Waals surface area contributed by atoms with Crippen LogP contribution >= 0.6 is 0 Å². The van der Waals surface area contributed by atoms with Crippen LogP contribution in [-0.2, 0) is 9.47 Å². The van der Waals surface area contributed by atoms with Crippen molar-refractivity contribution in [3.63, 3.8) is 0 Å². The summed E-state index contributed by atoms with van der Waals surface area (Å²) in [4.78, 5) is 0. The average Bonchev–Trinajstić information content (AvgIpc) is 2.94. The van der Waals surface area contributed by atoms with E-state index in [1.165, 1.54) is 11.1 Å². The van der Waals surface area contributed by atoms with Crippen LogP contribution < -0.4 is 0 Å². The van der Waals surface area contributed by atoms with Crippen molar-refractivity contribution in [2.75, 3.05) is 20.3 Å². The Balaban J connectivity index is 0. The van der Waals surface area contributed by atoms with Crippen LogP contribution in [0.15, 0.2) is 24.3 Å². The first-order chi connectivity index (χ1) is 10.5. The highest BCUT2D eigenvalue weighted by molar-refractivity contribution is 5.01. The van der Waals surface area contributed by atoms with Crippen molar-refractivity contribution in [1.82, 2.24) is 0 Å². The molecule has 0 bridgehead atoms. The average molecular weight is 315 g/mol. The van der Waals surface area contributed by atoms with E-state index < -0.39 is 0 Å². The SMILES string of the molecule is C=C(C)CCC(CC)OC.C=C1COC(CCCO)C1.CC. The summed E-state index contributed by atoms with van der Waals surface area (Å²) in [5.41, 5.74) is 2.43. The topological polar surface area (TPSA) is 38.7 Å². The summed E-state index contributed by atoms with van der Waals surface area (Å²) in [5, 5.41) is 8.51. The van der Waals surface area contributed by atoms with Gasteiger partial charge in [-0.25, -0.2) is 0 Å². The van der Waals surface area contributed by atoms with Crippen molar-refractivity contribution in [1.29, 1.82) is 0 Å². The summed E-state index contributed by atoms with van der Waals surface area (Å²) in [5.74, 6) is 0. The van der Waals surface area contributed by atoms with E-state index in [2.05, 4.69) is 27.0 Å². The van der Waals surface area contributed by atoms with Crippen molar-refractivity contribution in [3.05, 3.63) is 24.3 Å². The molecule has 1 aliphatic rings. The molecule has 1 aliphatic heterocycles. The zero-order chi connectivity index (χ0) is 17.4. The molecule has 1 N–H and O–H groups in total. The highest BCUT2D eigenvalue weighted by Gasteiger charge is 2.17. The van der Waals surface area contributed by atoms with Crippen LogP contribution in [0.2, 0.25) is 0 Å². The van der Waals surface area contributed by atoms with Gasteiger partial charge < -0.3 is 14.6 Å². The molecule has 0 spiro atoms. The van der Waals surface area contributed by atoms with Gasteiger partial charge in [-0.3, -0.25) is 0 Å². The lowest BCUT2D eigenvalue weighted by atomic mass is 10.1. The van der Waals surface area contributed by atoms with Gasteiger partial charge in [-0.05, 0) is 51.0 Å². The summed E-state index contributed by atoms with van der Waals surface area (Å²) < 4.78 is 10.6. The molecule has 3 heteroatoms. The Bertz CT molecular complexity index is 270. The van der Waals surface area contributed by atoms with Gasteiger partial charge in [0, 0.05) is 13.7 Å². The number of methoxy groups -OCH3 is 1. The lowest BCUT2D eigenvalue weighted by molar-refractivity contribution is 0.0925. The molecule has 0 radical (unpaired) electrons. The second-order valence-electron chi connectivity index (χ2n) is 5.51. The predicted molar refractivity (Wildman–Crippen MR) is 96.3 cm³/mol. The first kappa shape index (κ1) is 23.6. The standard InChI is InChI=1S/C9H18O.C8H14O2.C2H6/c1-5-9(10-4)7-6-8(2)3;1-7-5-8(10-6-7)3-2-4-9;1-2/h9H,2,5-7H2,1,3-4H3;8-9H,1-6H2;1-2H3. The molecule has 0 amide bonds. The summed E-state index contributed by atoms with van der Waals surface area (Å²) in [7, 11) is 1.77. The number of ether oxygens (including phenoxy) is 2. The van der Waals surface area contributed by atoms with E-state index >= 15 is 0 Å². The number of allylic oxidation sites excluding steroid dienone is 1. The van der Waals surface area contributed by atoms with E-state index in [9.17, 15) is 0 Å². The third-order valence-corrected chi connectivity index (χ3v) is 3.41. The maximum Gasteiger partial charge on any atom is 0.0679 e. The first-order valence-corrected chi connectivity index (χ1v) is 8.59. The van der Waals surface area contributed by atoms with Crippen LogP contribution in [0.5, 0.6) is 0 Å². The number of hydrogen-bond acceptors (Lipinski definition) is 3. The fourth-order valence-corrected chi connectivity index (χ4v) is 2.08. The van der Waals surface area contributed by atoms with Gasteiger partial charge in [0.05, 0.1) is 18.8 Å². The number of aliphatic hydroxyl groups is 1. The number of hydrogen-bond donors (Lipinski definition) is 1. The van der Waals surface area contributed by atoms with Gasteiger partial charge in [0.25, 0.3) is 0 Å². The van der Waals surface area contributed by atoms with Crippen molar-refractivity contribution in [2.45, 2.75) is 78.4 Å². The molecule has 0 aromatic heterocycles. The molecular formula is C19H38O3. The Morgan fingerprint density at radius 3 is 2.45 bits per heavy atom. The van der Waals surface area contributed by atoms with E-state index in [0.29, 0.717) is 12.2 Å². The highest BCUT2D eigenvalue weighted by atomic mass is 16.5. The van der Waals surface area contributed by atoms with Crippen molar-refractivity contribution in [2.24, 2.45) is 0 Å². The first-order valence-electron chi connectivity index (χ1n) is 8.59. The highest BCUT2D eigenvalue weighted by Crippen LogP contribution is 2.20. The Morgan fingerprint density at radius 2 is 2.09 bits per heavy atom. The van der Waals surface area contributed by atoms with Gasteiger partial charge in [-0.15, -0.1) is 6.58 Å². The number of rotatable bonds is 8. The zero-order valence-electron chi connectivity index (χ0n) is 15.5. The third-order valence-electron chi connectivity index (χ3n) is 3.41. The molecule has 0 saturated carbocycles. The Hall–Kier alpha value is -0.640. The molecule has 0 aromatic rings. The molecule has 1 saturated heterocycles. The molecule has 1 fully saturated rings. The van der Waals surface area contributed by atoms with Crippen LogP contribution in [0.4, 0.5) is 0 Å². The lowest BCUT2D eigenvalue weighted by Crippen LogP contribution is -2.08. The molecular weight excluding hydrogens is 276 g/mol. The molecule has 0 aliphatic carbocycles. The van der Waals surface area contributed by atoms with E-state index in [-0.39, 0.29) is 6.61 Å². The molecule has 0 aromatic carbocycles. The molecule has 2 atom stereocenters. The van der Waals surface area contributed by atoms with Crippen molar-refractivity contribution in [3.8, 4) is 0 Å². The van der Waals surface area contributed by atoms with E-state index in [4.69, 9.17) is 14.6 Å². The van der Waals surface area contributed by atoms with Gasteiger partial charge >= 0.3 is 0 Å². The van der Waals surface area contributed by atoms with E-state index in [1.807, 2.05) is 13.8 Å². The monoisotopic (exact) mass is 314 g/mol. The van der Waals surface area contributed by atoms with Crippen LogP contribution in [0.3, 0.4) is 0 Å². The van der Waals surface area contributed by atoms with Gasteiger partial charge in [-0.1, -0.05) is 32.9 Å². The molecule has 132 valence electrons. The van der Waals surface area contributed by atoms with Crippen molar-refractivity contribution < 1.29 is 14.6 Å². The molecule has 2 unspecified atom stereocenters. The van der Waals surface area contributed by atoms with Gasteiger partial charge in [0.1, 0.15) is 0 Å². The summed E-state index contributed by atoms with van der Waals surface area (Å²) in [6.07, 6.45) is 6.86. The van der Waals surface area contributed by atoms with E-state index in [1.54, 1.807) is 7.11 Å². The lowest BCUT2D eigenvalue weighted by Gasteiger charge is -2.11. The van der Waals surface area contributed by atoms with Crippen molar-refractivity contribution >= 4 is 0 Å². The molecule has 22 heavy (non-hydrogen) atoms. The Kier molecular flexibility index (Phi) is 18.0. The smallest absolute Gasteiger partial charge is 0.0679 e. The minimum Gasteiger partial charge on any atom is -0.396 e. The maximum absolute atomic E-state index is 8.51. The summed E-state index contributed by atoms with van der Waals surface area (Å²) in [6, 6.07) is 0. The van der Waals surface area contributed by atoms with Crippen LogP contribution in [-0.4, -0.2) is 37.6 Å². The largest absolute Gasteiger partial charge is 0.396 e. The minimum absolute atomic E-state index is 0.270. The summed E-state index contributed by atoms with van der Waals surface area (Å²) in [6.45, 7) is 16.9. The second-order valence-corrected chi connectivity index (χ2v) is 5.51. The predicted octanol–water partition coefficient (Wildman–Crippen LogP) is 4.90. The van der Waals surface area contributed by atoms with Crippen LogP contribution in [0, 0.1) is 0 Å². The normalized spacial score (nSPS) is 17.9. The zero-order valence-corrected chi connectivity index (χ0v) is 15.5. The van der Waals surface area contributed by atoms with Gasteiger partial charge in [0.15, 0.2) is 0 Å². The summed E-state index contributed by atoms with van der Waals surface area (Å²) >= 11 is 0. The minimum atomic E-state index is 0.270. The number of aliphatic hydroxyl groups excluding tert-OH is 1. The molecule has 3 nitrogen and oxygen atoms in total. The Labute approximate surface area is 138 Å². The fraction of sp³-hybridized carbons (Fsp3) is 0.789. The van der Waals surface area contributed by atoms with E-state index in [0.717, 1.165) is 45.1 Å². The second kappa shape index (κ2) is 16.7. The molecule has 1 rings (SSSR count). The van der Waals surface area contributed by atoms with Crippen LogP contribution in [0.1, 0.15) is 66.2 Å².